The lowest BCUT2D eigenvalue weighted by Crippen LogP contribution is -2.39. The van der Waals surface area contributed by atoms with E-state index in [1.54, 1.807) is 0 Å². The van der Waals surface area contributed by atoms with E-state index in [0.717, 1.165) is 5.75 Å². The van der Waals surface area contributed by atoms with Crippen molar-refractivity contribution < 1.29 is 4.74 Å². The predicted molar refractivity (Wildman–Crippen MR) is 84.2 cm³/mol. The van der Waals surface area contributed by atoms with Gasteiger partial charge in [-0.25, -0.2) is 0 Å². The quantitative estimate of drug-likeness (QED) is 0.647. The van der Waals surface area contributed by atoms with Crippen molar-refractivity contribution in [1.82, 2.24) is 0 Å². The van der Waals surface area contributed by atoms with E-state index in [-0.39, 0.29) is 6.10 Å². The zero-order chi connectivity index (χ0) is 14.3. The largest absolute Gasteiger partial charge is 0.485 e. The molecule has 1 heteroatoms. The first-order valence-corrected chi connectivity index (χ1v) is 7.83. The molecule has 20 heavy (non-hydrogen) atoms. The van der Waals surface area contributed by atoms with E-state index < -0.39 is 0 Å². The van der Waals surface area contributed by atoms with E-state index in [0.29, 0.717) is 11.3 Å². The highest BCUT2D eigenvalue weighted by Crippen LogP contribution is 2.61. The second-order valence-electron chi connectivity index (χ2n) is 6.03. The molecule has 106 valence electrons. The summed E-state index contributed by atoms with van der Waals surface area (Å²) in [6.07, 6.45) is 9.78. The Labute approximate surface area is 122 Å². The van der Waals surface area contributed by atoms with E-state index in [2.05, 4.69) is 50.3 Å². The molecule has 1 aliphatic heterocycles. The average molecular weight is 268 g/mol. The number of benzene rings is 1. The van der Waals surface area contributed by atoms with Gasteiger partial charge in [0.15, 0.2) is 0 Å². The van der Waals surface area contributed by atoms with Gasteiger partial charge in [0.25, 0.3) is 0 Å². The number of hydrogen-bond acceptors (Lipinski definition) is 1. The molecule has 2 aliphatic carbocycles. The Morgan fingerprint density at radius 2 is 1.90 bits per heavy atom. The number of fused-ring (bicyclic) bond motifs is 4. The molecule has 1 heterocycles. The normalized spacial score (nSPS) is 27.5. The van der Waals surface area contributed by atoms with Gasteiger partial charge in [0.05, 0.1) is 0 Å². The van der Waals surface area contributed by atoms with Crippen LogP contribution in [0.15, 0.2) is 42.0 Å². The summed E-state index contributed by atoms with van der Waals surface area (Å²) in [5.74, 6) is 1.65. The monoisotopic (exact) mass is 268 g/mol. The van der Waals surface area contributed by atoms with Gasteiger partial charge in [-0.05, 0) is 38.8 Å². The molecule has 2 unspecified atom stereocenters. The van der Waals surface area contributed by atoms with Crippen LogP contribution in [0, 0.1) is 12.8 Å². The van der Waals surface area contributed by atoms with Crippen LogP contribution in [0.1, 0.15) is 44.7 Å². The third kappa shape index (κ3) is 1.91. The number of ether oxygens (including phenoxy) is 1. The molecule has 1 fully saturated rings. The maximum absolute atomic E-state index is 6.21. The van der Waals surface area contributed by atoms with Crippen molar-refractivity contribution in [3.05, 3.63) is 53.1 Å². The van der Waals surface area contributed by atoms with Crippen LogP contribution in [0.3, 0.4) is 0 Å². The van der Waals surface area contributed by atoms with Crippen LogP contribution in [-0.2, 0) is 5.41 Å². The van der Waals surface area contributed by atoms with Crippen molar-refractivity contribution >= 4 is 0 Å². The van der Waals surface area contributed by atoms with E-state index in [9.17, 15) is 0 Å². The fourth-order valence-corrected chi connectivity index (χ4v) is 3.59. The molecule has 0 bridgehead atoms. The molecule has 1 aromatic rings. The summed E-state index contributed by atoms with van der Waals surface area (Å²) in [6, 6.07) is 6.64. The van der Waals surface area contributed by atoms with Crippen LogP contribution in [0.25, 0.3) is 0 Å². The van der Waals surface area contributed by atoms with Crippen molar-refractivity contribution in [2.45, 2.75) is 52.1 Å². The Morgan fingerprint density at radius 1 is 1.15 bits per heavy atom. The second-order valence-corrected chi connectivity index (χ2v) is 6.03. The molecule has 1 spiro atoms. The Hall–Kier alpha value is -1.50. The third-order valence-corrected chi connectivity index (χ3v) is 4.71. The van der Waals surface area contributed by atoms with Crippen LogP contribution in [0.2, 0.25) is 0 Å². The molecular formula is C19H24O. The highest BCUT2D eigenvalue weighted by atomic mass is 16.5. The average Bonchev–Trinajstić information content (AvgIpc) is 3.24. The maximum Gasteiger partial charge on any atom is 0.124 e. The molecule has 0 radical (unpaired) electrons. The van der Waals surface area contributed by atoms with Crippen LogP contribution in [0.4, 0.5) is 0 Å². The zero-order valence-electron chi connectivity index (χ0n) is 12.9. The molecule has 1 aromatic carbocycles. The molecule has 0 N–H and O–H groups in total. The van der Waals surface area contributed by atoms with Gasteiger partial charge in [0, 0.05) is 16.9 Å². The van der Waals surface area contributed by atoms with Gasteiger partial charge in [-0.1, -0.05) is 49.3 Å². The standard InChI is InChI=1S/C17H18O.C2H6/c1-11-4-6-15-14(9-11)17(7-8-17)13-5-3-12(2)10-16(13)18-15;1-2/h3-6,9-10,13,16H,7-8H2,1-2H3;1-2H3. The topological polar surface area (TPSA) is 9.23 Å². The Balaban J connectivity index is 0.000000581. The summed E-state index contributed by atoms with van der Waals surface area (Å²) in [4.78, 5) is 0. The van der Waals surface area contributed by atoms with Gasteiger partial charge in [0.2, 0.25) is 0 Å². The fourth-order valence-electron chi connectivity index (χ4n) is 3.59. The van der Waals surface area contributed by atoms with Crippen molar-refractivity contribution in [1.29, 1.82) is 0 Å². The first-order valence-electron chi connectivity index (χ1n) is 7.83. The fraction of sp³-hybridized carbons (Fsp3) is 0.474. The summed E-state index contributed by atoms with van der Waals surface area (Å²) < 4.78 is 6.21. The Kier molecular flexibility index (Phi) is 3.24. The van der Waals surface area contributed by atoms with Gasteiger partial charge in [-0.15, -0.1) is 0 Å². The molecule has 0 amide bonds. The zero-order valence-corrected chi connectivity index (χ0v) is 12.9. The smallest absolute Gasteiger partial charge is 0.124 e. The Morgan fingerprint density at radius 3 is 2.60 bits per heavy atom. The van der Waals surface area contributed by atoms with Crippen molar-refractivity contribution in [3.63, 3.8) is 0 Å². The minimum atomic E-state index is 0.243. The summed E-state index contributed by atoms with van der Waals surface area (Å²) in [5.41, 5.74) is 4.48. The lowest BCUT2D eigenvalue weighted by atomic mass is 9.74. The maximum atomic E-state index is 6.21. The molecular weight excluding hydrogens is 244 g/mol. The van der Waals surface area contributed by atoms with Gasteiger partial charge in [-0.3, -0.25) is 0 Å². The number of aryl methyl sites for hydroxylation is 1. The third-order valence-electron chi connectivity index (χ3n) is 4.71. The molecule has 3 aliphatic rings. The van der Waals surface area contributed by atoms with E-state index >= 15 is 0 Å². The molecule has 2 atom stereocenters. The summed E-state index contributed by atoms with van der Waals surface area (Å²) in [7, 11) is 0. The lowest BCUT2D eigenvalue weighted by Gasteiger charge is -2.39. The molecule has 4 rings (SSSR count). The number of allylic oxidation sites excluding steroid dienone is 2. The van der Waals surface area contributed by atoms with Gasteiger partial charge in [0.1, 0.15) is 11.9 Å². The number of rotatable bonds is 0. The van der Waals surface area contributed by atoms with E-state index in [1.807, 2.05) is 13.8 Å². The lowest BCUT2D eigenvalue weighted by molar-refractivity contribution is 0.147. The van der Waals surface area contributed by atoms with Gasteiger partial charge in [-0.2, -0.15) is 0 Å². The molecule has 0 aromatic heterocycles. The first-order chi connectivity index (χ1) is 9.69. The summed E-state index contributed by atoms with van der Waals surface area (Å²) in [5, 5.41) is 0. The highest BCUT2D eigenvalue weighted by molar-refractivity contribution is 5.51. The second kappa shape index (κ2) is 4.80. The van der Waals surface area contributed by atoms with Crippen molar-refractivity contribution in [2.75, 3.05) is 0 Å². The van der Waals surface area contributed by atoms with Crippen LogP contribution >= 0.6 is 0 Å². The number of hydrogen-bond donors (Lipinski definition) is 0. The predicted octanol–water partition coefficient (Wildman–Crippen LogP) is 4.95. The van der Waals surface area contributed by atoms with Crippen LogP contribution in [0.5, 0.6) is 5.75 Å². The van der Waals surface area contributed by atoms with E-state index in [1.165, 1.54) is 29.5 Å². The van der Waals surface area contributed by atoms with E-state index in [4.69, 9.17) is 4.74 Å². The SMILES string of the molecule is CC.CC1=CC2Oc3ccc(C)cc3C3(CC3)C2C=C1. The van der Waals surface area contributed by atoms with Gasteiger partial charge < -0.3 is 4.74 Å². The van der Waals surface area contributed by atoms with Crippen molar-refractivity contribution in [3.8, 4) is 5.75 Å². The summed E-state index contributed by atoms with van der Waals surface area (Å²) in [6.45, 7) is 8.32. The first kappa shape index (κ1) is 13.5. The van der Waals surface area contributed by atoms with Gasteiger partial charge >= 0.3 is 0 Å². The molecule has 1 saturated carbocycles. The summed E-state index contributed by atoms with van der Waals surface area (Å²) >= 11 is 0. The molecule has 0 saturated heterocycles. The Bertz CT molecular complexity index is 575. The minimum absolute atomic E-state index is 0.243. The van der Waals surface area contributed by atoms with Crippen molar-refractivity contribution in [2.24, 2.45) is 5.92 Å². The highest BCUT2D eigenvalue weighted by Gasteiger charge is 2.56. The van der Waals surface area contributed by atoms with Crippen LogP contribution in [-0.4, -0.2) is 6.10 Å². The van der Waals surface area contributed by atoms with Crippen LogP contribution < -0.4 is 4.74 Å². The minimum Gasteiger partial charge on any atom is -0.485 e. The molecule has 1 nitrogen and oxygen atoms in total.